The third kappa shape index (κ3) is 2.65. The summed E-state index contributed by atoms with van der Waals surface area (Å²) in [6, 6.07) is 9.82. The lowest BCUT2D eigenvalue weighted by Gasteiger charge is -2.18. The Hall–Kier alpha value is -1.94. The molecule has 1 amide bonds. The number of nitrogens with one attached hydrogen (secondary N) is 1. The van der Waals surface area contributed by atoms with Crippen molar-refractivity contribution in [2.24, 2.45) is 5.73 Å². The molecule has 1 aromatic heterocycles. The summed E-state index contributed by atoms with van der Waals surface area (Å²) in [6.07, 6.45) is 2.04. The zero-order valence-electron chi connectivity index (χ0n) is 10.4. The largest absolute Gasteiger partial charge is 0.370 e. The number of carbonyl (C=O) groups excluding carboxylic acids is 1. The number of hydrogen-bond donors (Lipinski definition) is 2. The summed E-state index contributed by atoms with van der Waals surface area (Å²) in [6.45, 7) is 2.79. The van der Waals surface area contributed by atoms with Gasteiger partial charge in [-0.3, -0.25) is 9.78 Å². The molecule has 2 rings (SSSR count). The Bertz CT molecular complexity index is 548. The molecule has 1 heterocycles. The van der Waals surface area contributed by atoms with Crippen LogP contribution in [0.4, 0.5) is 0 Å². The van der Waals surface area contributed by atoms with Crippen molar-refractivity contribution in [1.82, 2.24) is 10.3 Å². The lowest BCUT2D eigenvalue weighted by Crippen LogP contribution is -2.26. The number of fused-ring (bicyclic) bond motifs is 1. The van der Waals surface area contributed by atoms with Crippen LogP contribution < -0.4 is 11.1 Å². The lowest BCUT2D eigenvalue weighted by atomic mass is 10.00. The van der Waals surface area contributed by atoms with Gasteiger partial charge in [-0.2, -0.15) is 0 Å². The monoisotopic (exact) mass is 243 g/mol. The second-order valence-corrected chi connectivity index (χ2v) is 4.20. The van der Waals surface area contributed by atoms with E-state index >= 15 is 0 Å². The molecule has 0 aliphatic heterocycles. The van der Waals surface area contributed by atoms with Crippen molar-refractivity contribution in [3.63, 3.8) is 0 Å². The van der Waals surface area contributed by atoms with E-state index in [0.29, 0.717) is 0 Å². The minimum Gasteiger partial charge on any atom is -0.370 e. The smallest absolute Gasteiger partial charge is 0.219 e. The van der Waals surface area contributed by atoms with Crippen molar-refractivity contribution in [2.75, 3.05) is 6.54 Å². The van der Waals surface area contributed by atoms with Gasteiger partial charge in [-0.05, 0) is 18.2 Å². The van der Waals surface area contributed by atoms with Gasteiger partial charge in [-0.15, -0.1) is 0 Å². The zero-order chi connectivity index (χ0) is 13.0. The Morgan fingerprint density at radius 1 is 1.39 bits per heavy atom. The fourth-order valence-corrected chi connectivity index (χ4v) is 2.15. The molecular formula is C14H17N3O. The molecule has 18 heavy (non-hydrogen) atoms. The second-order valence-electron chi connectivity index (χ2n) is 4.20. The van der Waals surface area contributed by atoms with Gasteiger partial charge in [0, 0.05) is 24.0 Å². The molecule has 0 bridgehead atoms. The number of primary amides is 1. The van der Waals surface area contributed by atoms with E-state index in [2.05, 4.69) is 10.3 Å². The fourth-order valence-electron chi connectivity index (χ4n) is 2.15. The van der Waals surface area contributed by atoms with Crippen molar-refractivity contribution < 1.29 is 4.79 Å². The number of para-hydroxylation sites is 1. The van der Waals surface area contributed by atoms with E-state index < -0.39 is 0 Å². The van der Waals surface area contributed by atoms with Crippen LogP contribution in [0.5, 0.6) is 0 Å². The van der Waals surface area contributed by atoms with E-state index in [0.717, 1.165) is 23.0 Å². The number of nitrogens with zero attached hydrogens (tertiary/aromatic N) is 1. The standard InChI is InChI=1S/C14H17N3O/c1-2-16-12(9-13(15)18)11-7-3-5-10-6-4-8-17-14(10)11/h3-8,12,16H,2,9H2,1H3,(H2,15,18). The highest BCUT2D eigenvalue weighted by Gasteiger charge is 2.16. The molecule has 3 N–H and O–H groups in total. The summed E-state index contributed by atoms with van der Waals surface area (Å²) in [7, 11) is 0. The molecule has 1 aromatic carbocycles. The van der Waals surface area contributed by atoms with Gasteiger partial charge < -0.3 is 11.1 Å². The highest BCUT2D eigenvalue weighted by Crippen LogP contribution is 2.24. The van der Waals surface area contributed by atoms with Crippen molar-refractivity contribution in [2.45, 2.75) is 19.4 Å². The minimum absolute atomic E-state index is 0.0777. The van der Waals surface area contributed by atoms with Crippen molar-refractivity contribution in [3.8, 4) is 0 Å². The summed E-state index contributed by atoms with van der Waals surface area (Å²) >= 11 is 0. The van der Waals surface area contributed by atoms with Crippen LogP contribution >= 0.6 is 0 Å². The van der Waals surface area contributed by atoms with Crippen LogP contribution in [0.25, 0.3) is 10.9 Å². The van der Waals surface area contributed by atoms with Crippen LogP contribution in [0.3, 0.4) is 0 Å². The van der Waals surface area contributed by atoms with Crippen molar-refractivity contribution >= 4 is 16.8 Å². The van der Waals surface area contributed by atoms with Gasteiger partial charge in [0.2, 0.25) is 5.91 Å². The molecule has 0 radical (unpaired) electrons. The number of aromatic nitrogens is 1. The topological polar surface area (TPSA) is 68.0 Å². The average molecular weight is 243 g/mol. The van der Waals surface area contributed by atoms with E-state index in [1.807, 2.05) is 37.3 Å². The first kappa shape index (κ1) is 12.5. The second kappa shape index (κ2) is 5.60. The molecule has 0 aliphatic carbocycles. The number of pyridine rings is 1. The molecule has 4 nitrogen and oxygen atoms in total. The fraction of sp³-hybridized carbons (Fsp3) is 0.286. The van der Waals surface area contributed by atoms with E-state index in [-0.39, 0.29) is 18.4 Å². The number of benzene rings is 1. The Morgan fingerprint density at radius 3 is 2.89 bits per heavy atom. The zero-order valence-corrected chi connectivity index (χ0v) is 10.4. The normalized spacial score (nSPS) is 12.5. The maximum absolute atomic E-state index is 11.2. The molecule has 1 atom stereocenters. The highest BCUT2D eigenvalue weighted by molar-refractivity contribution is 5.83. The lowest BCUT2D eigenvalue weighted by molar-refractivity contribution is -0.118. The summed E-state index contributed by atoms with van der Waals surface area (Å²) in [5.41, 5.74) is 7.25. The summed E-state index contributed by atoms with van der Waals surface area (Å²) in [5, 5.41) is 4.35. The third-order valence-corrected chi connectivity index (χ3v) is 2.90. The van der Waals surface area contributed by atoms with Gasteiger partial charge >= 0.3 is 0 Å². The van der Waals surface area contributed by atoms with Gasteiger partial charge in [-0.25, -0.2) is 0 Å². The molecule has 0 spiro atoms. The number of nitrogens with two attached hydrogens (primary N) is 1. The predicted molar refractivity (Wildman–Crippen MR) is 72.0 cm³/mol. The first-order chi connectivity index (χ1) is 8.72. The number of rotatable bonds is 5. The first-order valence-electron chi connectivity index (χ1n) is 6.07. The van der Waals surface area contributed by atoms with Crippen LogP contribution in [0.1, 0.15) is 24.9 Å². The first-order valence-corrected chi connectivity index (χ1v) is 6.07. The number of amides is 1. The Balaban J connectivity index is 2.46. The van der Waals surface area contributed by atoms with Gasteiger partial charge in [0.15, 0.2) is 0 Å². The summed E-state index contributed by atoms with van der Waals surface area (Å²) in [4.78, 5) is 15.6. The van der Waals surface area contributed by atoms with Gasteiger partial charge in [0.1, 0.15) is 0 Å². The molecule has 94 valence electrons. The van der Waals surface area contributed by atoms with Gasteiger partial charge in [-0.1, -0.05) is 31.2 Å². The van der Waals surface area contributed by atoms with Gasteiger partial charge in [0.25, 0.3) is 0 Å². The molecule has 0 fully saturated rings. The Kier molecular flexibility index (Phi) is 3.89. The molecule has 2 aromatic rings. The molecule has 0 saturated heterocycles. The SMILES string of the molecule is CCNC(CC(N)=O)c1cccc2cccnc12. The van der Waals surface area contributed by atoms with Crippen LogP contribution in [-0.4, -0.2) is 17.4 Å². The van der Waals surface area contributed by atoms with Crippen LogP contribution in [-0.2, 0) is 4.79 Å². The maximum atomic E-state index is 11.2. The molecule has 0 aliphatic rings. The van der Waals surface area contributed by atoms with E-state index in [1.165, 1.54) is 0 Å². The molecule has 1 unspecified atom stereocenters. The molecule has 4 heteroatoms. The molecular weight excluding hydrogens is 226 g/mol. The quantitative estimate of drug-likeness (QED) is 0.840. The number of carbonyl (C=O) groups is 1. The Morgan fingerprint density at radius 2 is 2.17 bits per heavy atom. The third-order valence-electron chi connectivity index (χ3n) is 2.90. The van der Waals surface area contributed by atoms with Crippen LogP contribution in [0, 0.1) is 0 Å². The predicted octanol–water partition coefficient (Wildman–Crippen LogP) is 1.76. The summed E-state index contributed by atoms with van der Waals surface area (Å²) < 4.78 is 0. The van der Waals surface area contributed by atoms with E-state index in [1.54, 1.807) is 6.20 Å². The average Bonchev–Trinajstić information content (AvgIpc) is 2.37. The molecule has 0 saturated carbocycles. The van der Waals surface area contributed by atoms with Crippen molar-refractivity contribution in [1.29, 1.82) is 0 Å². The van der Waals surface area contributed by atoms with E-state index in [4.69, 9.17) is 5.73 Å². The highest BCUT2D eigenvalue weighted by atomic mass is 16.1. The summed E-state index contributed by atoms with van der Waals surface area (Å²) in [5.74, 6) is -0.311. The Labute approximate surface area is 106 Å². The van der Waals surface area contributed by atoms with E-state index in [9.17, 15) is 4.79 Å². The number of hydrogen-bond acceptors (Lipinski definition) is 3. The van der Waals surface area contributed by atoms with Crippen molar-refractivity contribution in [3.05, 3.63) is 42.1 Å². The van der Waals surface area contributed by atoms with Gasteiger partial charge in [0.05, 0.1) is 5.52 Å². The van der Waals surface area contributed by atoms with Crippen LogP contribution in [0.15, 0.2) is 36.5 Å². The maximum Gasteiger partial charge on any atom is 0.219 e. The van der Waals surface area contributed by atoms with Crippen LogP contribution in [0.2, 0.25) is 0 Å². The minimum atomic E-state index is -0.311.